The van der Waals surface area contributed by atoms with Gasteiger partial charge in [0.2, 0.25) is 0 Å². The molecule has 0 radical (unpaired) electrons. The second-order valence-corrected chi connectivity index (χ2v) is 9.10. The zero-order valence-electron chi connectivity index (χ0n) is 19.9. The van der Waals surface area contributed by atoms with Crippen LogP contribution in [-0.4, -0.2) is 62.7 Å². The van der Waals surface area contributed by atoms with E-state index >= 15 is 0 Å². The molecule has 2 aliphatic heterocycles. The third-order valence-electron chi connectivity index (χ3n) is 6.68. The lowest BCUT2D eigenvalue weighted by Crippen LogP contribution is -2.39. The van der Waals surface area contributed by atoms with Gasteiger partial charge in [-0.25, -0.2) is 0 Å². The van der Waals surface area contributed by atoms with Crippen LogP contribution in [0.2, 0.25) is 0 Å². The Balaban J connectivity index is 1.29. The third-order valence-corrected chi connectivity index (χ3v) is 6.68. The first-order valence-electron chi connectivity index (χ1n) is 12.0. The zero-order chi connectivity index (χ0) is 23.0. The van der Waals surface area contributed by atoms with Crippen molar-refractivity contribution in [3.8, 4) is 5.75 Å². The summed E-state index contributed by atoms with van der Waals surface area (Å²) in [6.07, 6.45) is 7.45. The fraction of sp³-hybridized carbons (Fsp3) is 0.444. The van der Waals surface area contributed by atoms with Gasteiger partial charge in [-0.15, -0.1) is 0 Å². The fourth-order valence-corrected chi connectivity index (χ4v) is 4.70. The number of piperidine rings is 1. The minimum Gasteiger partial charge on any atom is -0.495 e. The first-order chi connectivity index (χ1) is 16.1. The fourth-order valence-electron chi connectivity index (χ4n) is 4.70. The highest BCUT2D eigenvalue weighted by atomic mass is 16.5. The van der Waals surface area contributed by atoms with E-state index in [2.05, 4.69) is 58.6 Å². The number of nitrogens with zero attached hydrogens (tertiary/aromatic N) is 3. The molecule has 2 aromatic rings. The normalized spacial score (nSPS) is 16.9. The Morgan fingerprint density at radius 1 is 1.15 bits per heavy atom. The number of hydrogen-bond donors (Lipinski definition) is 1. The predicted molar refractivity (Wildman–Crippen MR) is 134 cm³/mol. The summed E-state index contributed by atoms with van der Waals surface area (Å²) in [7, 11) is 3.86. The van der Waals surface area contributed by atoms with Gasteiger partial charge in [-0.3, -0.25) is 10.1 Å². The molecule has 0 saturated carbocycles. The molecule has 0 spiro atoms. The van der Waals surface area contributed by atoms with Crippen molar-refractivity contribution in [2.45, 2.75) is 25.8 Å². The maximum atomic E-state index is 13.2. The molecule has 0 atom stereocenters. The number of rotatable bonds is 8. The van der Waals surface area contributed by atoms with E-state index in [9.17, 15) is 4.79 Å². The second kappa shape index (κ2) is 11.3. The number of amides is 1. The average Bonchev–Trinajstić information content (AvgIpc) is 2.88. The Bertz CT molecular complexity index is 938. The Hall–Kier alpha value is -2.83. The molecule has 4 rings (SSSR count). The number of hydrogen-bond acceptors (Lipinski definition) is 5. The molecule has 0 aliphatic carbocycles. The van der Waals surface area contributed by atoms with Gasteiger partial charge in [0, 0.05) is 37.9 Å². The quantitative estimate of drug-likeness (QED) is 0.663. The first-order valence-corrected chi connectivity index (χ1v) is 12.0. The maximum absolute atomic E-state index is 13.2. The summed E-state index contributed by atoms with van der Waals surface area (Å²) >= 11 is 0. The van der Waals surface area contributed by atoms with Crippen molar-refractivity contribution in [1.29, 1.82) is 0 Å². The van der Waals surface area contributed by atoms with E-state index in [1.165, 1.54) is 12.0 Å². The van der Waals surface area contributed by atoms with Crippen molar-refractivity contribution >= 4 is 11.6 Å². The predicted octanol–water partition coefficient (Wildman–Crippen LogP) is 3.95. The third kappa shape index (κ3) is 6.15. The molecule has 6 heteroatoms. The van der Waals surface area contributed by atoms with Crippen LogP contribution in [-0.2, 0) is 6.54 Å². The van der Waals surface area contributed by atoms with E-state index in [1.54, 1.807) is 7.11 Å². The van der Waals surface area contributed by atoms with Gasteiger partial charge in [0.25, 0.3) is 5.91 Å². The number of benzene rings is 2. The summed E-state index contributed by atoms with van der Waals surface area (Å²) in [6, 6.07) is 16.4. The van der Waals surface area contributed by atoms with E-state index < -0.39 is 0 Å². The highest BCUT2D eigenvalue weighted by Crippen LogP contribution is 2.31. The summed E-state index contributed by atoms with van der Waals surface area (Å²) in [6.45, 7) is 5.30. The van der Waals surface area contributed by atoms with Gasteiger partial charge in [0.15, 0.2) is 0 Å². The molecule has 6 nitrogen and oxygen atoms in total. The Morgan fingerprint density at radius 2 is 1.94 bits per heavy atom. The van der Waals surface area contributed by atoms with Gasteiger partial charge in [0.1, 0.15) is 5.75 Å². The molecule has 1 fully saturated rings. The van der Waals surface area contributed by atoms with Crippen LogP contribution in [0.4, 0.5) is 5.69 Å². The van der Waals surface area contributed by atoms with Gasteiger partial charge in [-0.1, -0.05) is 36.4 Å². The van der Waals surface area contributed by atoms with Crippen molar-refractivity contribution < 1.29 is 9.53 Å². The van der Waals surface area contributed by atoms with Crippen LogP contribution in [0.15, 0.2) is 60.8 Å². The Kier molecular flexibility index (Phi) is 8.02. The van der Waals surface area contributed by atoms with E-state index in [0.717, 1.165) is 62.6 Å². The summed E-state index contributed by atoms with van der Waals surface area (Å²) in [5.41, 5.74) is 3.00. The number of nitrogens with one attached hydrogen (secondary N) is 1. The molecule has 2 aliphatic rings. The van der Waals surface area contributed by atoms with Crippen LogP contribution in [0.3, 0.4) is 0 Å². The minimum atomic E-state index is 0.118. The van der Waals surface area contributed by atoms with Crippen molar-refractivity contribution in [2.24, 2.45) is 5.92 Å². The van der Waals surface area contributed by atoms with Crippen molar-refractivity contribution in [3.63, 3.8) is 0 Å². The number of ether oxygens (including phenoxy) is 1. The average molecular weight is 449 g/mol. The molecule has 1 saturated heterocycles. The van der Waals surface area contributed by atoms with Crippen LogP contribution >= 0.6 is 0 Å². The lowest BCUT2D eigenvalue weighted by atomic mass is 9.93. The van der Waals surface area contributed by atoms with Gasteiger partial charge in [-0.2, -0.15) is 0 Å². The van der Waals surface area contributed by atoms with Crippen LogP contribution in [0.5, 0.6) is 5.75 Å². The van der Waals surface area contributed by atoms with Gasteiger partial charge in [-0.05, 0) is 62.5 Å². The molecule has 176 valence electrons. The molecule has 1 amide bonds. The molecule has 1 N–H and O–H groups in total. The van der Waals surface area contributed by atoms with E-state index in [0.29, 0.717) is 12.6 Å². The van der Waals surface area contributed by atoms with E-state index in [4.69, 9.17) is 4.74 Å². The summed E-state index contributed by atoms with van der Waals surface area (Å²) in [4.78, 5) is 19.7. The van der Waals surface area contributed by atoms with Gasteiger partial charge >= 0.3 is 0 Å². The topological polar surface area (TPSA) is 48.1 Å². The Morgan fingerprint density at radius 3 is 2.64 bits per heavy atom. The zero-order valence-corrected chi connectivity index (χ0v) is 19.9. The van der Waals surface area contributed by atoms with Crippen LogP contribution in [0.25, 0.3) is 0 Å². The maximum Gasteiger partial charge on any atom is 0.253 e. The molecule has 0 unspecified atom stereocenters. The lowest BCUT2D eigenvalue weighted by Gasteiger charge is -2.33. The van der Waals surface area contributed by atoms with E-state index in [-0.39, 0.29) is 5.91 Å². The van der Waals surface area contributed by atoms with E-state index in [1.807, 2.05) is 29.3 Å². The van der Waals surface area contributed by atoms with Gasteiger partial charge in [0.05, 0.1) is 19.5 Å². The number of carbonyl (C=O) groups is 1. The molecule has 33 heavy (non-hydrogen) atoms. The van der Waals surface area contributed by atoms with Crippen molar-refractivity contribution in [2.75, 3.05) is 51.9 Å². The molecule has 0 aromatic heterocycles. The standard InChI is InChI=1S/C27H36N4O2/c1-29(20-23-7-4-3-5-8-23)16-11-22-12-17-30(18-13-22)27(32)24-9-10-26(33-2)25(19-24)31-15-6-14-28-21-31/h3-10,15,19,22,28H,11-14,16-18,20-21H2,1-2H3. The largest absolute Gasteiger partial charge is 0.495 e. The van der Waals surface area contributed by atoms with Crippen LogP contribution in [0.1, 0.15) is 35.2 Å². The highest BCUT2D eigenvalue weighted by Gasteiger charge is 2.25. The van der Waals surface area contributed by atoms with Crippen molar-refractivity contribution in [3.05, 3.63) is 71.9 Å². The van der Waals surface area contributed by atoms with Crippen LogP contribution in [0, 0.1) is 5.92 Å². The second-order valence-electron chi connectivity index (χ2n) is 9.10. The lowest BCUT2D eigenvalue weighted by molar-refractivity contribution is 0.0682. The highest BCUT2D eigenvalue weighted by molar-refractivity contribution is 5.96. The summed E-state index contributed by atoms with van der Waals surface area (Å²) < 4.78 is 5.54. The smallest absolute Gasteiger partial charge is 0.253 e. The van der Waals surface area contributed by atoms with Crippen LogP contribution < -0.4 is 15.0 Å². The van der Waals surface area contributed by atoms with Gasteiger partial charge < -0.3 is 19.4 Å². The monoisotopic (exact) mass is 448 g/mol. The van der Waals surface area contributed by atoms with Crippen molar-refractivity contribution in [1.82, 2.24) is 15.1 Å². The number of carbonyl (C=O) groups excluding carboxylic acids is 1. The SMILES string of the molecule is COc1ccc(C(=O)N2CCC(CCN(C)Cc3ccccc3)CC2)cc1N1C=CCNC1. The molecule has 2 aromatic carbocycles. The number of likely N-dealkylation sites (tertiary alicyclic amines) is 1. The first kappa shape index (κ1) is 23.3. The molecule has 0 bridgehead atoms. The molecular formula is C27H36N4O2. The number of anilines is 1. The minimum absolute atomic E-state index is 0.118. The summed E-state index contributed by atoms with van der Waals surface area (Å²) in [5, 5.41) is 3.32. The number of methoxy groups -OCH3 is 1. The summed E-state index contributed by atoms with van der Waals surface area (Å²) in [5.74, 6) is 1.58. The molecule has 2 heterocycles. The Labute approximate surface area is 197 Å². The molecular weight excluding hydrogens is 412 g/mol.